The predicted molar refractivity (Wildman–Crippen MR) is 119 cm³/mol. The maximum Gasteiger partial charge on any atom is 0.259 e. The Morgan fingerprint density at radius 3 is 2.48 bits per heavy atom. The van der Waals surface area contributed by atoms with Gasteiger partial charge in [0, 0.05) is 11.3 Å². The average molecular weight is 438 g/mol. The van der Waals surface area contributed by atoms with Crippen LogP contribution in [0, 0.1) is 0 Å². The van der Waals surface area contributed by atoms with Crippen LogP contribution < -0.4 is 19.5 Å². The second kappa shape index (κ2) is 9.01. The number of alkyl halides is 1. The Kier molecular flexibility index (Phi) is 5.99. The van der Waals surface area contributed by atoms with Crippen LogP contribution in [-0.4, -0.2) is 32.0 Å². The highest BCUT2D eigenvalue weighted by Gasteiger charge is 2.15. The van der Waals surface area contributed by atoms with Gasteiger partial charge in [-0.05, 0) is 60.7 Å². The summed E-state index contributed by atoms with van der Waals surface area (Å²) in [5.41, 5.74) is 2.70. The molecule has 0 fully saturated rings. The minimum absolute atomic E-state index is 0.247. The molecule has 0 saturated heterocycles. The molecule has 31 heavy (non-hydrogen) atoms. The number of rotatable bonds is 7. The molecule has 0 spiro atoms. The fraction of sp³-hybridized carbons (Fsp3) is 0.130. The van der Waals surface area contributed by atoms with E-state index in [1.54, 1.807) is 36.6 Å². The normalized spacial score (nSPS) is 10.7. The van der Waals surface area contributed by atoms with Gasteiger partial charge < -0.3 is 19.5 Å². The number of ether oxygens (including phenoxy) is 3. The molecule has 0 aliphatic carbocycles. The standard InChI is InChI=1S/C23H19FN2O4S/c1-28-16-7-9-19-21(12-16)31-23(26-19)14-3-5-15(6-4-14)25-22(27)18-11-17(30-13-24)8-10-20(18)29-2/h3-12H,13H2,1-2H3,(H,25,27). The summed E-state index contributed by atoms with van der Waals surface area (Å²) < 4.78 is 28.8. The molecule has 8 heteroatoms. The van der Waals surface area contributed by atoms with Gasteiger partial charge in [-0.15, -0.1) is 11.3 Å². The fourth-order valence-electron chi connectivity index (χ4n) is 3.07. The Morgan fingerprint density at radius 2 is 1.77 bits per heavy atom. The highest BCUT2D eigenvalue weighted by Crippen LogP contribution is 2.33. The molecule has 0 saturated carbocycles. The first-order chi connectivity index (χ1) is 15.1. The smallest absolute Gasteiger partial charge is 0.259 e. The fourth-order valence-corrected chi connectivity index (χ4v) is 4.07. The van der Waals surface area contributed by atoms with E-state index in [1.165, 1.54) is 19.2 Å². The van der Waals surface area contributed by atoms with Crippen LogP contribution in [0.1, 0.15) is 10.4 Å². The first-order valence-corrected chi connectivity index (χ1v) is 10.2. The molecule has 1 amide bonds. The van der Waals surface area contributed by atoms with Crippen molar-refractivity contribution in [1.29, 1.82) is 0 Å². The number of hydrogen-bond acceptors (Lipinski definition) is 6. The summed E-state index contributed by atoms with van der Waals surface area (Å²) in [6.07, 6.45) is 0. The molecular formula is C23H19FN2O4S. The Morgan fingerprint density at radius 1 is 1.00 bits per heavy atom. The van der Waals surface area contributed by atoms with Crippen LogP contribution in [0.4, 0.5) is 10.1 Å². The molecule has 4 rings (SSSR count). The van der Waals surface area contributed by atoms with E-state index < -0.39 is 6.86 Å². The van der Waals surface area contributed by atoms with Gasteiger partial charge in [-0.2, -0.15) is 0 Å². The molecule has 1 N–H and O–H groups in total. The Labute approximate surface area is 182 Å². The molecule has 0 unspecified atom stereocenters. The van der Waals surface area contributed by atoms with Gasteiger partial charge in [0.25, 0.3) is 5.91 Å². The van der Waals surface area contributed by atoms with E-state index in [0.29, 0.717) is 11.4 Å². The number of hydrogen-bond donors (Lipinski definition) is 1. The monoisotopic (exact) mass is 438 g/mol. The van der Waals surface area contributed by atoms with Crippen molar-refractivity contribution in [3.8, 4) is 27.8 Å². The van der Waals surface area contributed by atoms with Crippen molar-refractivity contribution in [3.05, 3.63) is 66.2 Å². The van der Waals surface area contributed by atoms with Crippen LogP contribution in [0.2, 0.25) is 0 Å². The Hall–Kier alpha value is -3.65. The predicted octanol–water partition coefficient (Wildman–Crippen LogP) is 5.54. The number of fused-ring (bicyclic) bond motifs is 1. The lowest BCUT2D eigenvalue weighted by atomic mass is 10.1. The van der Waals surface area contributed by atoms with Gasteiger partial charge in [0.05, 0.1) is 30.0 Å². The van der Waals surface area contributed by atoms with Gasteiger partial charge in [-0.25, -0.2) is 9.37 Å². The molecule has 0 atom stereocenters. The summed E-state index contributed by atoms with van der Waals surface area (Å²) in [7, 11) is 3.10. The lowest BCUT2D eigenvalue weighted by molar-refractivity contribution is 0.102. The van der Waals surface area contributed by atoms with Gasteiger partial charge >= 0.3 is 0 Å². The molecule has 0 bridgehead atoms. The Bertz CT molecular complexity index is 1220. The SMILES string of the molecule is COc1ccc2nc(-c3ccc(NC(=O)c4cc(OCF)ccc4OC)cc3)sc2c1. The Balaban J connectivity index is 1.54. The number of thiazole rings is 1. The van der Waals surface area contributed by atoms with E-state index >= 15 is 0 Å². The topological polar surface area (TPSA) is 69.7 Å². The molecule has 6 nitrogen and oxygen atoms in total. The number of amides is 1. The summed E-state index contributed by atoms with van der Waals surface area (Å²) >= 11 is 1.57. The number of nitrogens with one attached hydrogen (secondary N) is 1. The van der Waals surface area contributed by atoms with Crippen LogP contribution in [0.25, 0.3) is 20.8 Å². The van der Waals surface area contributed by atoms with Crippen molar-refractivity contribution in [3.63, 3.8) is 0 Å². The highest BCUT2D eigenvalue weighted by atomic mass is 32.1. The van der Waals surface area contributed by atoms with E-state index in [-0.39, 0.29) is 17.2 Å². The van der Waals surface area contributed by atoms with Crippen molar-refractivity contribution >= 4 is 33.1 Å². The molecular weight excluding hydrogens is 419 g/mol. The number of aromatic nitrogens is 1. The molecule has 0 aliphatic heterocycles. The summed E-state index contributed by atoms with van der Waals surface area (Å²) in [6, 6.07) is 17.7. The molecule has 3 aromatic carbocycles. The summed E-state index contributed by atoms with van der Waals surface area (Å²) in [5.74, 6) is 1.01. The minimum Gasteiger partial charge on any atom is -0.497 e. The number of carbonyl (C=O) groups is 1. The molecule has 4 aromatic rings. The zero-order valence-electron chi connectivity index (χ0n) is 16.8. The molecule has 0 aliphatic rings. The molecule has 0 radical (unpaired) electrons. The third-order valence-corrected chi connectivity index (χ3v) is 5.69. The largest absolute Gasteiger partial charge is 0.497 e. The third-order valence-electron chi connectivity index (χ3n) is 4.62. The summed E-state index contributed by atoms with van der Waals surface area (Å²) in [5, 5.41) is 3.69. The van der Waals surface area contributed by atoms with Crippen molar-refractivity contribution in [1.82, 2.24) is 4.98 Å². The average Bonchev–Trinajstić information content (AvgIpc) is 3.23. The molecule has 158 valence electrons. The number of carbonyl (C=O) groups excluding carboxylic acids is 1. The maximum atomic E-state index is 12.7. The van der Waals surface area contributed by atoms with E-state index in [0.717, 1.165) is 26.5 Å². The lowest BCUT2D eigenvalue weighted by Gasteiger charge is -2.11. The second-order valence-electron chi connectivity index (χ2n) is 6.50. The van der Waals surface area contributed by atoms with Crippen LogP contribution >= 0.6 is 11.3 Å². The van der Waals surface area contributed by atoms with Crippen molar-refractivity contribution < 1.29 is 23.4 Å². The van der Waals surface area contributed by atoms with Crippen LogP contribution in [0.15, 0.2) is 60.7 Å². The minimum atomic E-state index is -0.979. The third kappa shape index (κ3) is 4.44. The number of methoxy groups -OCH3 is 2. The zero-order valence-corrected chi connectivity index (χ0v) is 17.7. The quantitative estimate of drug-likeness (QED) is 0.410. The zero-order chi connectivity index (χ0) is 21.8. The van der Waals surface area contributed by atoms with Crippen LogP contribution in [0.5, 0.6) is 17.2 Å². The number of benzene rings is 3. The number of nitrogens with zero attached hydrogens (tertiary/aromatic N) is 1. The van der Waals surface area contributed by atoms with Crippen molar-refractivity contribution in [2.24, 2.45) is 0 Å². The van der Waals surface area contributed by atoms with E-state index in [9.17, 15) is 9.18 Å². The van der Waals surface area contributed by atoms with Crippen molar-refractivity contribution in [2.45, 2.75) is 0 Å². The number of halogens is 1. The first kappa shape index (κ1) is 20.6. The summed E-state index contributed by atoms with van der Waals surface area (Å²) in [4.78, 5) is 17.4. The second-order valence-corrected chi connectivity index (χ2v) is 7.53. The van der Waals surface area contributed by atoms with E-state index in [4.69, 9.17) is 14.2 Å². The molecule has 1 heterocycles. The van der Waals surface area contributed by atoms with Crippen molar-refractivity contribution in [2.75, 3.05) is 26.4 Å². The van der Waals surface area contributed by atoms with Crippen LogP contribution in [0.3, 0.4) is 0 Å². The van der Waals surface area contributed by atoms with Gasteiger partial charge in [-0.1, -0.05) is 0 Å². The summed E-state index contributed by atoms with van der Waals surface area (Å²) in [6.45, 7) is -0.979. The maximum absolute atomic E-state index is 12.7. The number of anilines is 1. The van der Waals surface area contributed by atoms with Crippen LogP contribution in [-0.2, 0) is 0 Å². The van der Waals surface area contributed by atoms with E-state index in [2.05, 4.69) is 10.3 Å². The first-order valence-electron chi connectivity index (χ1n) is 9.34. The van der Waals surface area contributed by atoms with Gasteiger partial charge in [0.15, 0.2) is 0 Å². The van der Waals surface area contributed by atoms with Gasteiger partial charge in [0.1, 0.15) is 22.3 Å². The van der Waals surface area contributed by atoms with E-state index in [1.807, 2.05) is 30.3 Å². The molecule has 1 aromatic heterocycles. The lowest BCUT2D eigenvalue weighted by Crippen LogP contribution is -2.13. The van der Waals surface area contributed by atoms with Gasteiger partial charge in [-0.3, -0.25) is 4.79 Å². The van der Waals surface area contributed by atoms with Gasteiger partial charge in [0.2, 0.25) is 6.86 Å². The highest BCUT2D eigenvalue weighted by molar-refractivity contribution is 7.21.